The number of rotatable bonds is 6. The average Bonchev–Trinajstić information content (AvgIpc) is 3.50. The molecule has 3 unspecified atom stereocenters. The third kappa shape index (κ3) is 3.33. The first-order chi connectivity index (χ1) is 13.0. The molecule has 5 heteroatoms. The highest BCUT2D eigenvalue weighted by Gasteiger charge is 2.60. The molecule has 1 amide bonds. The lowest BCUT2D eigenvalue weighted by Gasteiger charge is -2.61. The highest BCUT2D eigenvalue weighted by atomic mass is 35.5. The normalized spacial score (nSPS) is 36.5. The lowest BCUT2D eigenvalue weighted by molar-refractivity contribution is -0.149. The molecule has 4 nitrogen and oxygen atoms in total. The number of halogens is 1. The quantitative estimate of drug-likeness (QED) is 0.757. The van der Waals surface area contributed by atoms with Crippen molar-refractivity contribution < 1.29 is 9.53 Å². The maximum Gasteiger partial charge on any atom is 0.226 e. The highest BCUT2D eigenvalue weighted by molar-refractivity contribution is 5.85. The van der Waals surface area contributed by atoms with Gasteiger partial charge in [0.15, 0.2) is 0 Å². The zero-order chi connectivity index (χ0) is 18.6. The molecular weight excluding hydrogens is 372 g/mol. The first kappa shape index (κ1) is 20.0. The topological polar surface area (TPSA) is 64.3 Å². The van der Waals surface area contributed by atoms with Crippen LogP contribution >= 0.6 is 12.4 Å². The number of nitrogens with two attached hydrogens (primary N) is 1. The van der Waals surface area contributed by atoms with Gasteiger partial charge in [-0.3, -0.25) is 4.79 Å². The van der Waals surface area contributed by atoms with Gasteiger partial charge < -0.3 is 15.8 Å². The van der Waals surface area contributed by atoms with Crippen molar-refractivity contribution >= 4 is 18.3 Å². The van der Waals surface area contributed by atoms with E-state index in [1.165, 1.54) is 37.7 Å². The Kier molecular flexibility index (Phi) is 5.16. The molecule has 3 atom stereocenters. The predicted octanol–water partition coefficient (Wildman–Crippen LogP) is 3.81. The summed E-state index contributed by atoms with van der Waals surface area (Å²) >= 11 is 0. The van der Waals surface area contributed by atoms with Gasteiger partial charge in [0.05, 0.1) is 12.5 Å². The molecule has 5 fully saturated rings. The Hall–Kier alpha value is -1.26. The fourth-order valence-electron chi connectivity index (χ4n) is 6.90. The van der Waals surface area contributed by atoms with Crippen molar-refractivity contribution in [2.24, 2.45) is 28.9 Å². The molecule has 154 valence electrons. The van der Waals surface area contributed by atoms with Crippen molar-refractivity contribution in [1.29, 1.82) is 0 Å². The minimum atomic E-state index is -0.173. The Balaban J connectivity index is 0.00000192. The first-order valence-corrected chi connectivity index (χ1v) is 10.7. The second-order valence-corrected chi connectivity index (χ2v) is 9.96. The molecule has 28 heavy (non-hydrogen) atoms. The van der Waals surface area contributed by atoms with Gasteiger partial charge in [-0.05, 0) is 92.2 Å². The van der Waals surface area contributed by atoms with Crippen LogP contribution in [0.3, 0.4) is 0 Å². The van der Waals surface area contributed by atoms with E-state index in [1.54, 1.807) is 7.11 Å². The van der Waals surface area contributed by atoms with E-state index in [0.717, 1.165) is 25.0 Å². The van der Waals surface area contributed by atoms with Crippen LogP contribution in [0.1, 0.15) is 56.9 Å². The second kappa shape index (κ2) is 7.21. The van der Waals surface area contributed by atoms with Gasteiger partial charge >= 0.3 is 0 Å². The molecule has 5 aliphatic carbocycles. The van der Waals surface area contributed by atoms with E-state index < -0.39 is 0 Å². The minimum absolute atomic E-state index is 0. The molecule has 0 aliphatic heterocycles. The van der Waals surface area contributed by atoms with Crippen LogP contribution in [-0.4, -0.2) is 25.6 Å². The molecule has 5 aliphatic rings. The van der Waals surface area contributed by atoms with Gasteiger partial charge in [-0.1, -0.05) is 12.1 Å². The van der Waals surface area contributed by atoms with Gasteiger partial charge in [-0.25, -0.2) is 0 Å². The maximum absolute atomic E-state index is 13.3. The molecule has 0 radical (unpaired) electrons. The van der Waals surface area contributed by atoms with E-state index in [2.05, 4.69) is 29.6 Å². The molecule has 4 bridgehead atoms. The van der Waals surface area contributed by atoms with E-state index >= 15 is 0 Å². The predicted molar refractivity (Wildman–Crippen MR) is 113 cm³/mol. The standard InChI is InChI=1S/C23H32N2O2.ClH/c1-27-19-6-4-18(5-7-19)22-9-15-8-16(10-22)12-23(11-15,14-22)21(26)25-13-20(24)17-2-3-17;/h4-7,15-17,20H,2-3,8-14,24H2,1H3,(H,25,26);1H. The summed E-state index contributed by atoms with van der Waals surface area (Å²) in [5, 5.41) is 3.26. The van der Waals surface area contributed by atoms with Crippen molar-refractivity contribution in [3.63, 3.8) is 0 Å². The van der Waals surface area contributed by atoms with Crippen LogP contribution in [0.25, 0.3) is 0 Å². The molecule has 1 aromatic rings. The number of carbonyl (C=O) groups is 1. The summed E-state index contributed by atoms with van der Waals surface area (Å²) in [6.45, 7) is 0.649. The molecule has 0 spiro atoms. The lowest BCUT2D eigenvalue weighted by Crippen LogP contribution is -2.59. The molecule has 0 saturated heterocycles. The zero-order valence-corrected chi connectivity index (χ0v) is 17.6. The highest BCUT2D eigenvalue weighted by Crippen LogP contribution is 2.65. The lowest BCUT2D eigenvalue weighted by atomic mass is 9.42. The van der Waals surface area contributed by atoms with Gasteiger partial charge in [0.1, 0.15) is 5.75 Å². The number of hydrogen-bond acceptors (Lipinski definition) is 3. The Morgan fingerprint density at radius 3 is 2.39 bits per heavy atom. The van der Waals surface area contributed by atoms with Crippen LogP contribution in [0, 0.1) is 23.2 Å². The maximum atomic E-state index is 13.3. The number of nitrogens with one attached hydrogen (secondary N) is 1. The van der Waals surface area contributed by atoms with Crippen molar-refractivity contribution in [2.45, 2.75) is 62.8 Å². The number of hydrogen-bond donors (Lipinski definition) is 2. The number of benzene rings is 1. The van der Waals surface area contributed by atoms with E-state index in [9.17, 15) is 4.79 Å². The van der Waals surface area contributed by atoms with Crippen LogP contribution in [0.2, 0.25) is 0 Å². The van der Waals surface area contributed by atoms with Gasteiger partial charge in [-0.15, -0.1) is 12.4 Å². The van der Waals surface area contributed by atoms with Gasteiger partial charge in [-0.2, -0.15) is 0 Å². The van der Waals surface area contributed by atoms with Crippen LogP contribution < -0.4 is 15.8 Å². The Labute approximate surface area is 174 Å². The van der Waals surface area contributed by atoms with Gasteiger partial charge in [0.25, 0.3) is 0 Å². The number of carbonyl (C=O) groups excluding carboxylic acids is 1. The third-order valence-electron chi connectivity index (χ3n) is 7.97. The van der Waals surface area contributed by atoms with Crippen LogP contribution in [0.5, 0.6) is 5.75 Å². The van der Waals surface area contributed by atoms with Crippen molar-refractivity contribution in [3.8, 4) is 5.75 Å². The fourth-order valence-corrected chi connectivity index (χ4v) is 6.90. The first-order valence-electron chi connectivity index (χ1n) is 10.7. The largest absolute Gasteiger partial charge is 0.497 e. The summed E-state index contributed by atoms with van der Waals surface area (Å²) in [7, 11) is 1.71. The molecular formula is C23H33ClN2O2. The fraction of sp³-hybridized carbons (Fsp3) is 0.696. The molecule has 5 saturated carbocycles. The van der Waals surface area contributed by atoms with Crippen molar-refractivity contribution in [1.82, 2.24) is 5.32 Å². The monoisotopic (exact) mass is 404 g/mol. The average molecular weight is 405 g/mol. The van der Waals surface area contributed by atoms with Gasteiger partial charge in [0, 0.05) is 12.6 Å². The third-order valence-corrected chi connectivity index (χ3v) is 7.97. The summed E-state index contributed by atoms with van der Waals surface area (Å²) in [5.74, 6) is 3.20. The summed E-state index contributed by atoms with van der Waals surface area (Å²) in [5.41, 5.74) is 7.64. The van der Waals surface area contributed by atoms with E-state index in [-0.39, 0.29) is 35.2 Å². The van der Waals surface area contributed by atoms with E-state index in [0.29, 0.717) is 24.3 Å². The second-order valence-electron chi connectivity index (χ2n) is 9.96. The molecule has 0 aromatic heterocycles. The summed E-state index contributed by atoms with van der Waals surface area (Å²) in [6, 6.07) is 8.77. The molecule has 0 heterocycles. The molecule has 3 N–H and O–H groups in total. The molecule has 1 aromatic carbocycles. The van der Waals surface area contributed by atoms with E-state index in [4.69, 9.17) is 10.5 Å². The van der Waals surface area contributed by atoms with Crippen molar-refractivity contribution in [2.75, 3.05) is 13.7 Å². The zero-order valence-electron chi connectivity index (χ0n) is 16.8. The smallest absolute Gasteiger partial charge is 0.226 e. The van der Waals surface area contributed by atoms with Crippen LogP contribution in [-0.2, 0) is 10.2 Å². The summed E-state index contributed by atoms with van der Waals surface area (Å²) in [4.78, 5) is 13.3. The minimum Gasteiger partial charge on any atom is -0.497 e. The SMILES string of the molecule is COc1ccc(C23CC4CC(CC(C(=O)NCC(N)C5CC5)(C4)C2)C3)cc1.Cl. The number of amides is 1. The summed E-state index contributed by atoms with van der Waals surface area (Å²) in [6.07, 6.45) is 9.41. The van der Waals surface area contributed by atoms with Crippen LogP contribution in [0.15, 0.2) is 24.3 Å². The van der Waals surface area contributed by atoms with Crippen molar-refractivity contribution in [3.05, 3.63) is 29.8 Å². The Morgan fingerprint density at radius 1 is 1.18 bits per heavy atom. The van der Waals surface area contributed by atoms with Gasteiger partial charge in [0.2, 0.25) is 5.91 Å². The number of ether oxygens (including phenoxy) is 1. The Bertz CT molecular complexity index is 717. The molecule has 6 rings (SSSR count). The summed E-state index contributed by atoms with van der Waals surface area (Å²) < 4.78 is 5.35. The van der Waals surface area contributed by atoms with E-state index in [1.807, 2.05) is 0 Å². The van der Waals surface area contributed by atoms with Crippen LogP contribution in [0.4, 0.5) is 0 Å². The number of methoxy groups -OCH3 is 1. The Morgan fingerprint density at radius 2 is 1.82 bits per heavy atom.